The molecule has 1 atom stereocenters. The maximum Gasteiger partial charge on any atom is 0.102 e. The van der Waals surface area contributed by atoms with Gasteiger partial charge in [-0.1, -0.05) is 25.4 Å². The van der Waals surface area contributed by atoms with Gasteiger partial charge in [0.1, 0.15) is 5.16 Å². The first-order valence-electron chi connectivity index (χ1n) is 6.44. The summed E-state index contributed by atoms with van der Waals surface area (Å²) in [4.78, 5) is 4.80. The molecule has 0 radical (unpaired) electrons. The number of nitrogens with zero attached hydrogens (tertiary/aromatic N) is 2. The van der Waals surface area contributed by atoms with Gasteiger partial charge in [0, 0.05) is 31.9 Å². The van der Waals surface area contributed by atoms with Crippen molar-refractivity contribution in [1.82, 2.24) is 15.1 Å². The van der Waals surface area contributed by atoms with E-state index in [9.17, 15) is 0 Å². The number of hydrogen-bond acceptors (Lipinski definition) is 3. The highest BCUT2D eigenvalue weighted by atomic mass is 35.5. The summed E-state index contributed by atoms with van der Waals surface area (Å²) in [5.74, 6) is 0. The fourth-order valence-electron chi connectivity index (χ4n) is 2.08. The number of halogens is 1. The smallest absolute Gasteiger partial charge is 0.102 e. The van der Waals surface area contributed by atoms with Gasteiger partial charge in [-0.15, -0.1) is 0 Å². The molecule has 0 aliphatic carbocycles. The third kappa shape index (κ3) is 3.93. The van der Waals surface area contributed by atoms with Crippen LogP contribution < -0.4 is 5.32 Å². The molecule has 0 aromatic rings. The van der Waals surface area contributed by atoms with Gasteiger partial charge in [0.2, 0.25) is 0 Å². The molecular formula is C13H24ClN3. The van der Waals surface area contributed by atoms with E-state index in [1.54, 1.807) is 0 Å². The van der Waals surface area contributed by atoms with Gasteiger partial charge in [0.05, 0.1) is 6.04 Å². The van der Waals surface area contributed by atoms with Crippen LogP contribution in [0.4, 0.5) is 0 Å². The van der Waals surface area contributed by atoms with Gasteiger partial charge in [-0.2, -0.15) is 0 Å². The van der Waals surface area contributed by atoms with Crippen LogP contribution in [0.5, 0.6) is 0 Å². The Bertz CT molecular complexity index is 291. The molecule has 2 aliphatic heterocycles. The molecule has 0 amide bonds. The Labute approximate surface area is 110 Å². The maximum absolute atomic E-state index is 5.92. The largest absolute Gasteiger partial charge is 0.371 e. The number of likely N-dealkylation sites (N-methyl/N-ethyl adjacent to an activating group) is 1. The van der Waals surface area contributed by atoms with E-state index >= 15 is 0 Å². The molecule has 17 heavy (non-hydrogen) atoms. The van der Waals surface area contributed by atoms with Crippen molar-refractivity contribution < 1.29 is 0 Å². The average Bonchev–Trinajstić information content (AvgIpc) is 2.33. The zero-order valence-electron chi connectivity index (χ0n) is 11.3. The second-order valence-corrected chi connectivity index (χ2v) is 4.67. The van der Waals surface area contributed by atoms with E-state index in [2.05, 4.69) is 35.2 Å². The summed E-state index contributed by atoms with van der Waals surface area (Å²) >= 11 is 5.92. The summed E-state index contributed by atoms with van der Waals surface area (Å²) in [5, 5.41) is 3.98. The zero-order chi connectivity index (χ0) is 12.8. The predicted octanol–water partition coefficient (Wildman–Crippen LogP) is 2.22. The molecule has 98 valence electrons. The Morgan fingerprint density at radius 3 is 2.29 bits per heavy atom. The van der Waals surface area contributed by atoms with Gasteiger partial charge in [0.25, 0.3) is 0 Å². The molecule has 4 heteroatoms. The van der Waals surface area contributed by atoms with Crippen molar-refractivity contribution in [3.63, 3.8) is 0 Å². The van der Waals surface area contributed by atoms with Crippen LogP contribution in [0.25, 0.3) is 0 Å². The number of rotatable bonds is 1. The van der Waals surface area contributed by atoms with Crippen LogP contribution >= 0.6 is 11.6 Å². The van der Waals surface area contributed by atoms with Gasteiger partial charge in [-0.3, -0.25) is 0 Å². The molecule has 0 spiro atoms. The van der Waals surface area contributed by atoms with Gasteiger partial charge >= 0.3 is 0 Å². The Morgan fingerprint density at radius 2 is 1.76 bits per heavy atom. The summed E-state index contributed by atoms with van der Waals surface area (Å²) in [6.07, 6.45) is 4.07. The number of piperazine rings is 1. The molecule has 0 aromatic heterocycles. The van der Waals surface area contributed by atoms with Crippen LogP contribution in [-0.2, 0) is 0 Å². The van der Waals surface area contributed by atoms with E-state index in [1.165, 1.54) is 5.70 Å². The highest BCUT2D eigenvalue weighted by molar-refractivity contribution is 6.29. The van der Waals surface area contributed by atoms with Crippen LogP contribution in [-0.4, -0.2) is 49.1 Å². The van der Waals surface area contributed by atoms with Crippen LogP contribution in [0.2, 0.25) is 0 Å². The standard InChI is InChI=1S/C11H18ClN3.C2H6/c1-9-10(3-4-11(12)13-9)15-7-5-14(2)6-8-15;1-2/h3-4,9,13H,5-8H2,1-2H3;1-2H3. The molecule has 0 bridgehead atoms. The number of allylic oxidation sites excluding steroid dienone is 2. The van der Waals surface area contributed by atoms with E-state index in [4.69, 9.17) is 11.6 Å². The minimum absolute atomic E-state index is 0.325. The van der Waals surface area contributed by atoms with Gasteiger partial charge < -0.3 is 15.1 Å². The normalized spacial score (nSPS) is 25.2. The SMILES string of the molecule is CC.CC1NC(Cl)=CC=C1N1CCN(C)CC1. The van der Waals surface area contributed by atoms with Crippen molar-refractivity contribution in [2.24, 2.45) is 0 Å². The summed E-state index contributed by atoms with van der Waals surface area (Å²) < 4.78 is 0. The van der Waals surface area contributed by atoms with Gasteiger partial charge in [-0.05, 0) is 26.1 Å². The molecule has 0 aromatic carbocycles. The number of hydrogen-bond donors (Lipinski definition) is 1. The highest BCUT2D eigenvalue weighted by Gasteiger charge is 2.21. The van der Waals surface area contributed by atoms with E-state index in [0.29, 0.717) is 6.04 Å². The van der Waals surface area contributed by atoms with Gasteiger partial charge in [0.15, 0.2) is 0 Å². The Morgan fingerprint density at radius 1 is 1.18 bits per heavy atom. The third-order valence-corrected chi connectivity index (χ3v) is 3.30. The average molecular weight is 258 g/mol. The molecule has 1 N–H and O–H groups in total. The topological polar surface area (TPSA) is 18.5 Å². The van der Waals surface area contributed by atoms with Crippen molar-refractivity contribution in [3.8, 4) is 0 Å². The predicted molar refractivity (Wildman–Crippen MR) is 75.0 cm³/mol. The molecule has 1 unspecified atom stereocenters. The second-order valence-electron chi connectivity index (χ2n) is 4.26. The van der Waals surface area contributed by atoms with Crippen LogP contribution in [0, 0.1) is 0 Å². The molecule has 2 heterocycles. The van der Waals surface area contributed by atoms with Crippen molar-refractivity contribution in [2.45, 2.75) is 26.8 Å². The van der Waals surface area contributed by atoms with E-state index in [1.807, 2.05) is 19.9 Å². The lowest BCUT2D eigenvalue weighted by molar-refractivity contribution is 0.178. The first kappa shape index (κ1) is 14.4. The summed E-state index contributed by atoms with van der Waals surface area (Å²) in [5.41, 5.74) is 1.35. The summed E-state index contributed by atoms with van der Waals surface area (Å²) in [6, 6.07) is 0.325. The maximum atomic E-state index is 5.92. The molecule has 2 rings (SSSR count). The lowest BCUT2D eigenvalue weighted by Crippen LogP contribution is -2.47. The van der Waals surface area contributed by atoms with Crippen LogP contribution in [0.15, 0.2) is 23.0 Å². The van der Waals surface area contributed by atoms with Gasteiger partial charge in [-0.25, -0.2) is 0 Å². The van der Waals surface area contributed by atoms with Crippen LogP contribution in [0.1, 0.15) is 20.8 Å². The minimum atomic E-state index is 0.325. The minimum Gasteiger partial charge on any atom is -0.371 e. The fraction of sp³-hybridized carbons (Fsp3) is 0.692. The number of dihydropyridines is 1. The second kappa shape index (κ2) is 6.92. The Balaban J connectivity index is 0.000000686. The van der Waals surface area contributed by atoms with Crippen molar-refractivity contribution in [2.75, 3.05) is 33.2 Å². The molecule has 1 saturated heterocycles. The number of nitrogens with one attached hydrogen (secondary N) is 1. The lowest BCUT2D eigenvalue weighted by Gasteiger charge is -2.38. The first-order chi connectivity index (χ1) is 8.16. The Kier molecular flexibility index (Phi) is 5.86. The molecule has 1 fully saturated rings. The lowest BCUT2D eigenvalue weighted by atomic mass is 10.1. The van der Waals surface area contributed by atoms with Crippen molar-refractivity contribution >= 4 is 11.6 Å². The fourth-order valence-corrected chi connectivity index (χ4v) is 2.30. The zero-order valence-corrected chi connectivity index (χ0v) is 12.1. The molecule has 2 aliphatic rings. The third-order valence-electron chi connectivity index (χ3n) is 3.07. The van der Waals surface area contributed by atoms with Crippen molar-refractivity contribution in [1.29, 1.82) is 0 Å². The molecule has 3 nitrogen and oxygen atoms in total. The van der Waals surface area contributed by atoms with E-state index < -0.39 is 0 Å². The first-order valence-corrected chi connectivity index (χ1v) is 6.82. The van der Waals surface area contributed by atoms with E-state index in [-0.39, 0.29) is 0 Å². The monoisotopic (exact) mass is 257 g/mol. The Hall–Kier alpha value is -0.670. The quantitative estimate of drug-likeness (QED) is 0.727. The summed E-state index contributed by atoms with van der Waals surface area (Å²) in [6.45, 7) is 10.7. The molecule has 0 saturated carbocycles. The van der Waals surface area contributed by atoms with Crippen LogP contribution in [0.3, 0.4) is 0 Å². The molecular weight excluding hydrogens is 234 g/mol. The van der Waals surface area contributed by atoms with Crippen molar-refractivity contribution in [3.05, 3.63) is 23.0 Å². The highest BCUT2D eigenvalue weighted by Crippen LogP contribution is 2.18. The van der Waals surface area contributed by atoms with E-state index in [0.717, 1.165) is 31.3 Å². The summed E-state index contributed by atoms with van der Waals surface area (Å²) in [7, 11) is 2.17.